The molecule has 0 spiro atoms. The third-order valence-corrected chi connectivity index (χ3v) is 6.54. The lowest BCUT2D eigenvalue weighted by molar-refractivity contribution is -0.149. The van der Waals surface area contributed by atoms with Crippen LogP contribution in [0.2, 0.25) is 0 Å². The maximum atomic E-state index is 15.1. The first-order valence-corrected chi connectivity index (χ1v) is 13.0. The van der Waals surface area contributed by atoms with Crippen molar-refractivity contribution >= 4 is 23.5 Å². The summed E-state index contributed by atoms with van der Waals surface area (Å²) in [5.74, 6) is -0.679. The van der Waals surface area contributed by atoms with Crippen molar-refractivity contribution in [3.63, 3.8) is 0 Å². The highest BCUT2D eigenvalue weighted by Gasteiger charge is 2.33. The van der Waals surface area contributed by atoms with Gasteiger partial charge in [0.1, 0.15) is 30.3 Å². The van der Waals surface area contributed by atoms with Crippen LogP contribution in [0.5, 0.6) is 0 Å². The Morgan fingerprint density at radius 3 is 2.80 bits per heavy atom. The second-order valence-electron chi connectivity index (χ2n) is 10.2. The first kappa shape index (κ1) is 27.2. The summed E-state index contributed by atoms with van der Waals surface area (Å²) in [6.45, 7) is 4.63. The molecular weight excluding hydrogens is 521 g/mol. The minimum Gasteiger partial charge on any atom is -0.460 e. The normalized spacial score (nSPS) is 19.4. The van der Waals surface area contributed by atoms with E-state index in [0.29, 0.717) is 47.6 Å². The van der Waals surface area contributed by atoms with Crippen molar-refractivity contribution in [3.05, 3.63) is 60.4 Å². The number of hydrogen-bond acceptors (Lipinski definition) is 10. The van der Waals surface area contributed by atoms with Crippen LogP contribution in [0.25, 0.3) is 11.1 Å². The molecule has 12 nitrogen and oxygen atoms in total. The molecule has 210 valence electrons. The van der Waals surface area contributed by atoms with Crippen molar-refractivity contribution in [1.29, 1.82) is 0 Å². The zero-order valence-electron chi connectivity index (χ0n) is 22.1. The molecule has 4 heterocycles. The van der Waals surface area contributed by atoms with Gasteiger partial charge >= 0.3 is 12.1 Å². The number of hydrogen-bond donors (Lipinski definition) is 1. The minimum absolute atomic E-state index is 0.0407. The molecule has 2 aromatic heterocycles. The van der Waals surface area contributed by atoms with Crippen molar-refractivity contribution in [3.8, 4) is 11.1 Å². The number of pyridine rings is 1. The predicted octanol–water partition coefficient (Wildman–Crippen LogP) is 2.91. The maximum Gasteiger partial charge on any atom is 0.414 e. The van der Waals surface area contributed by atoms with E-state index in [1.165, 1.54) is 11.0 Å². The molecule has 0 bridgehead atoms. The molecule has 2 aliphatic rings. The quantitative estimate of drug-likeness (QED) is 0.376. The van der Waals surface area contributed by atoms with E-state index in [1.807, 2.05) is 13.8 Å². The van der Waals surface area contributed by atoms with Gasteiger partial charge in [-0.05, 0) is 36.6 Å². The molecule has 3 aromatic rings. The predicted molar refractivity (Wildman–Crippen MR) is 142 cm³/mol. The van der Waals surface area contributed by atoms with Crippen LogP contribution in [0.3, 0.4) is 0 Å². The van der Waals surface area contributed by atoms with Crippen molar-refractivity contribution in [2.45, 2.75) is 51.5 Å². The molecule has 2 N–H and O–H groups in total. The molecule has 13 heteroatoms. The maximum absolute atomic E-state index is 15.1. The summed E-state index contributed by atoms with van der Waals surface area (Å²) in [5, 5.41) is 11.7. The smallest absolute Gasteiger partial charge is 0.414 e. The lowest BCUT2D eigenvalue weighted by atomic mass is 10.0. The molecule has 2 aliphatic heterocycles. The van der Waals surface area contributed by atoms with E-state index < -0.39 is 36.1 Å². The lowest BCUT2D eigenvalue weighted by Gasteiger charge is -2.15. The van der Waals surface area contributed by atoms with Crippen LogP contribution in [0, 0.1) is 11.7 Å². The van der Waals surface area contributed by atoms with Crippen LogP contribution >= 0.6 is 0 Å². The van der Waals surface area contributed by atoms with Crippen molar-refractivity contribution in [2.75, 3.05) is 18.1 Å². The van der Waals surface area contributed by atoms with E-state index in [4.69, 9.17) is 20.0 Å². The Hall–Kier alpha value is -4.39. The van der Waals surface area contributed by atoms with Gasteiger partial charge in [-0.25, -0.2) is 13.9 Å². The van der Waals surface area contributed by atoms with Gasteiger partial charge in [-0.15, -0.1) is 5.10 Å². The number of cyclic esters (lactones) is 1. The van der Waals surface area contributed by atoms with Gasteiger partial charge in [-0.3, -0.25) is 14.7 Å². The Morgan fingerprint density at radius 1 is 1.25 bits per heavy atom. The molecular formula is C27H30FN7O5. The summed E-state index contributed by atoms with van der Waals surface area (Å²) in [4.78, 5) is 35.6. The Labute approximate surface area is 229 Å². The molecule has 1 saturated heterocycles. The van der Waals surface area contributed by atoms with E-state index in [0.717, 1.165) is 0 Å². The van der Waals surface area contributed by atoms with Gasteiger partial charge in [0, 0.05) is 29.9 Å². The summed E-state index contributed by atoms with van der Waals surface area (Å²) in [5.41, 5.74) is 8.32. The van der Waals surface area contributed by atoms with E-state index >= 15 is 4.39 Å². The van der Waals surface area contributed by atoms with E-state index in [1.54, 1.807) is 47.5 Å². The number of nitrogens with two attached hydrogens (primary N) is 1. The number of oxime groups is 1. The second kappa shape index (κ2) is 11.8. The molecule has 3 atom stereocenters. The van der Waals surface area contributed by atoms with E-state index in [2.05, 4.69) is 20.5 Å². The highest BCUT2D eigenvalue weighted by Crippen LogP contribution is 2.29. The molecule has 0 radical (unpaired) electrons. The third-order valence-electron chi connectivity index (χ3n) is 6.54. The summed E-state index contributed by atoms with van der Waals surface area (Å²) in [6, 6.07) is 7.36. The molecule has 0 unspecified atom stereocenters. The average Bonchev–Trinajstić information content (AvgIpc) is 3.69. The molecule has 5 rings (SSSR count). The Kier molecular flexibility index (Phi) is 8.01. The number of carbonyl (C=O) groups is 2. The number of ether oxygens (including phenoxy) is 2. The molecule has 40 heavy (non-hydrogen) atoms. The fourth-order valence-corrected chi connectivity index (χ4v) is 4.55. The first-order chi connectivity index (χ1) is 19.3. The van der Waals surface area contributed by atoms with Crippen molar-refractivity contribution in [2.24, 2.45) is 16.8 Å². The van der Waals surface area contributed by atoms with Crippen LogP contribution in [-0.2, 0) is 25.7 Å². The standard InChI is InChI=1S/C27H30FN7O5/c1-16(2)9-23(29)26(36)38-15-19-11-25(32-40-19)24-6-3-17(12-30-24)21-5-4-18(10-22(21)28)35-14-20(39-27(35)37)13-34-8-7-31-33-34/h3-8,10,12,16,19-20,23H,9,11,13-15,29H2,1-2H3/t19-,20-,23-/m0/s1. The SMILES string of the molecule is CC(C)C[C@H](N)C(=O)OC[C@@H]1CC(c2ccc(-c3ccc(N4C[C@H](Cn5ccnn5)OC4=O)cc3F)cn2)=NO1. The van der Waals surface area contributed by atoms with Crippen molar-refractivity contribution < 1.29 is 28.3 Å². The summed E-state index contributed by atoms with van der Waals surface area (Å²) in [7, 11) is 0. The average molecular weight is 552 g/mol. The number of esters is 1. The number of aromatic nitrogens is 4. The van der Waals surface area contributed by atoms with Gasteiger partial charge in [0.05, 0.1) is 30.7 Å². The van der Waals surface area contributed by atoms with Gasteiger partial charge in [0.2, 0.25) is 0 Å². The molecule has 1 fully saturated rings. The second-order valence-corrected chi connectivity index (χ2v) is 10.2. The van der Waals surface area contributed by atoms with Gasteiger partial charge in [0.15, 0.2) is 6.10 Å². The Balaban J connectivity index is 1.17. The van der Waals surface area contributed by atoms with Crippen LogP contribution in [0.4, 0.5) is 14.9 Å². The number of anilines is 1. The van der Waals surface area contributed by atoms with Crippen LogP contribution in [-0.4, -0.2) is 69.2 Å². The zero-order valence-corrected chi connectivity index (χ0v) is 22.1. The highest BCUT2D eigenvalue weighted by atomic mass is 19.1. The number of benzene rings is 1. The fraction of sp³-hybridized carbons (Fsp3) is 0.407. The minimum atomic E-state index is -0.669. The largest absolute Gasteiger partial charge is 0.460 e. The number of carbonyl (C=O) groups excluding carboxylic acids is 2. The number of amides is 1. The molecule has 1 aromatic carbocycles. The van der Waals surface area contributed by atoms with Crippen LogP contribution < -0.4 is 10.6 Å². The van der Waals surface area contributed by atoms with Gasteiger partial charge < -0.3 is 20.0 Å². The number of rotatable bonds is 10. The molecule has 0 aliphatic carbocycles. The number of nitrogens with zero attached hydrogens (tertiary/aromatic N) is 6. The Bertz CT molecular complexity index is 1380. The summed E-state index contributed by atoms with van der Waals surface area (Å²) >= 11 is 0. The summed E-state index contributed by atoms with van der Waals surface area (Å²) < 4.78 is 27.4. The van der Waals surface area contributed by atoms with E-state index in [9.17, 15) is 9.59 Å². The molecule has 0 saturated carbocycles. The molecule has 1 amide bonds. The Morgan fingerprint density at radius 2 is 2.10 bits per heavy atom. The lowest BCUT2D eigenvalue weighted by Crippen LogP contribution is -2.35. The van der Waals surface area contributed by atoms with E-state index in [-0.39, 0.29) is 19.1 Å². The number of halogens is 1. The topological polar surface area (TPSA) is 147 Å². The zero-order chi connectivity index (χ0) is 28.2. The van der Waals surface area contributed by atoms with Crippen LogP contribution in [0.15, 0.2) is 54.1 Å². The van der Waals surface area contributed by atoms with Crippen LogP contribution in [0.1, 0.15) is 32.4 Å². The first-order valence-electron chi connectivity index (χ1n) is 13.0. The van der Waals surface area contributed by atoms with Crippen molar-refractivity contribution in [1.82, 2.24) is 20.0 Å². The van der Waals surface area contributed by atoms with Gasteiger partial charge in [-0.1, -0.05) is 30.3 Å². The monoisotopic (exact) mass is 551 g/mol. The van der Waals surface area contributed by atoms with Gasteiger partial charge in [-0.2, -0.15) is 0 Å². The highest BCUT2D eigenvalue weighted by molar-refractivity contribution is 5.99. The van der Waals surface area contributed by atoms with Gasteiger partial charge in [0.25, 0.3) is 0 Å². The summed E-state index contributed by atoms with van der Waals surface area (Å²) in [6.07, 6.45) is 4.32. The third kappa shape index (κ3) is 6.25. The fourth-order valence-electron chi connectivity index (χ4n) is 4.55.